The number of rotatable bonds is 3. The molecule has 0 aliphatic heterocycles. The summed E-state index contributed by atoms with van der Waals surface area (Å²) in [7, 11) is 0. The minimum atomic E-state index is -1.22. The first kappa shape index (κ1) is 13.2. The molecule has 0 aliphatic rings. The second-order valence-corrected chi connectivity index (χ2v) is 4.64. The molecule has 21 heavy (non-hydrogen) atoms. The highest BCUT2D eigenvalue weighted by Crippen LogP contribution is 2.20. The number of carbonyl (C=O) groups is 1. The van der Waals surface area contributed by atoms with Gasteiger partial charge < -0.3 is 9.90 Å². The summed E-state index contributed by atoms with van der Waals surface area (Å²) >= 11 is 5.24. The molecule has 0 amide bonds. The van der Waals surface area contributed by atoms with Crippen molar-refractivity contribution in [3.63, 3.8) is 0 Å². The number of aromatic carboxylic acids is 1. The third-order valence-electron chi connectivity index (χ3n) is 2.97. The zero-order valence-electron chi connectivity index (χ0n) is 10.7. The van der Waals surface area contributed by atoms with Gasteiger partial charge in [0.2, 0.25) is 0 Å². The SMILES string of the molecule is O=C([O-])c1ccc(-n2c(-c3ccncc3)n[nH]c2=S)cc1. The number of H-pyrrole nitrogens is 1. The van der Waals surface area contributed by atoms with Crippen LogP contribution in [0.2, 0.25) is 0 Å². The number of pyridine rings is 1. The lowest BCUT2D eigenvalue weighted by atomic mass is 10.2. The van der Waals surface area contributed by atoms with E-state index in [1.165, 1.54) is 12.1 Å². The Kier molecular flexibility index (Phi) is 3.33. The van der Waals surface area contributed by atoms with Crippen molar-refractivity contribution in [2.24, 2.45) is 0 Å². The Labute approximate surface area is 124 Å². The van der Waals surface area contributed by atoms with Gasteiger partial charge in [0.05, 0.1) is 11.7 Å². The molecule has 6 nitrogen and oxygen atoms in total. The van der Waals surface area contributed by atoms with E-state index in [2.05, 4.69) is 15.2 Å². The molecule has 0 radical (unpaired) electrons. The summed E-state index contributed by atoms with van der Waals surface area (Å²) in [5.74, 6) is -0.588. The number of carbonyl (C=O) groups excluding carboxylic acids is 1. The number of carboxylic acid groups (broad SMARTS) is 1. The van der Waals surface area contributed by atoms with Crippen LogP contribution in [0.1, 0.15) is 10.4 Å². The summed E-state index contributed by atoms with van der Waals surface area (Å²) in [6.45, 7) is 0. The van der Waals surface area contributed by atoms with Crippen LogP contribution in [0.3, 0.4) is 0 Å². The fraction of sp³-hybridized carbons (Fsp3) is 0. The Morgan fingerprint density at radius 2 is 1.81 bits per heavy atom. The number of carboxylic acids is 1. The van der Waals surface area contributed by atoms with Crippen LogP contribution < -0.4 is 5.11 Å². The minimum Gasteiger partial charge on any atom is -0.545 e. The second-order valence-electron chi connectivity index (χ2n) is 4.26. The molecular weight excluding hydrogens is 288 g/mol. The lowest BCUT2D eigenvalue weighted by molar-refractivity contribution is -0.255. The van der Waals surface area contributed by atoms with E-state index in [4.69, 9.17) is 12.2 Å². The van der Waals surface area contributed by atoms with Gasteiger partial charge in [-0.05, 0) is 42.0 Å². The zero-order chi connectivity index (χ0) is 14.8. The van der Waals surface area contributed by atoms with Crippen molar-refractivity contribution in [3.05, 3.63) is 59.1 Å². The lowest BCUT2D eigenvalue weighted by Gasteiger charge is -2.08. The molecule has 2 aromatic heterocycles. The standard InChI is InChI=1S/C14H10N4O2S/c19-13(20)10-1-3-11(4-2-10)18-12(16-17-14(18)21)9-5-7-15-8-6-9/h1-8H,(H,17,21)(H,19,20)/p-1. The molecule has 1 N–H and O–H groups in total. The third-order valence-corrected chi connectivity index (χ3v) is 3.25. The van der Waals surface area contributed by atoms with Crippen molar-refractivity contribution in [2.75, 3.05) is 0 Å². The maximum atomic E-state index is 10.8. The maximum absolute atomic E-state index is 10.8. The molecule has 104 valence electrons. The first-order valence-corrected chi connectivity index (χ1v) is 6.47. The van der Waals surface area contributed by atoms with Crippen LogP contribution in [0.25, 0.3) is 17.1 Å². The first-order chi connectivity index (χ1) is 10.2. The summed E-state index contributed by atoms with van der Waals surface area (Å²) in [5, 5.41) is 17.7. The van der Waals surface area contributed by atoms with Gasteiger partial charge >= 0.3 is 0 Å². The minimum absolute atomic E-state index is 0.110. The molecule has 0 atom stereocenters. The van der Waals surface area contributed by atoms with Gasteiger partial charge in [0.25, 0.3) is 0 Å². The number of nitrogens with zero attached hydrogens (tertiary/aromatic N) is 3. The molecule has 0 saturated heterocycles. The van der Waals surface area contributed by atoms with Gasteiger partial charge in [-0.15, -0.1) is 0 Å². The highest BCUT2D eigenvalue weighted by atomic mass is 32.1. The number of hydrogen-bond acceptors (Lipinski definition) is 5. The molecule has 0 saturated carbocycles. The van der Waals surface area contributed by atoms with Crippen LogP contribution in [0.5, 0.6) is 0 Å². The molecule has 7 heteroatoms. The monoisotopic (exact) mass is 297 g/mol. The van der Waals surface area contributed by atoms with Crippen molar-refractivity contribution >= 4 is 18.2 Å². The van der Waals surface area contributed by atoms with Crippen molar-refractivity contribution in [1.29, 1.82) is 0 Å². The average Bonchev–Trinajstić information content (AvgIpc) is 2.90. The quantitative estimate of drug-likeness (QED) is 0.737. The van der Waals surface area contributed by atoms with Crippen molar-refractivity contribution in [3.8, 4) is 17.1 Å². The Morgan fingerprint density at radius 1 is 1.14 bits per heavy atom. The van der Waals surface area contributed by atoms with E-state index in [9.17, 15) is 9.90 Å². The van der Waals surface area contributed by atoms with Gasteiger partial charge in [-0.1, -0.05) is 12.1 Å². The largest absolute Gasteiger partial charge is 0.545 e. The van der Waals surface area contributed by atoms with E-state index < -0.39 is 5.97 Å². The Hall–Kier alpha value is -2.80. The number of hydrogen-bond donors (Lipinski definition) is 1. The van der Waals surface area contributed by atoms with Crippen molar-refractivity contribution in [2.45, 2.75) is 0 Å². The fourth-order valence-corrected chi connectivity index (χ4v) is 2.22. The van der Waals surface area contributed by atoms with Gasteiger partial charge in [-0.2, -0.15) is 5.10 Å². The van der Waals surface area contributed by atoms with Crippen LogP contribution in [-0.2, 0) is 0 Å². The molecule has 0 unspecified atom stereocenters. The Balaban J connectivity index is 2.13. The molecule has 1 aromatic carbocycles. The van der Waals surface area contributed by atoms with Gasteiger partial charge in [-0.3, -0.25) is 14.6 Å². The molecular formula is C14H9N4O2S-. The average molecular weight is 297 g/mol. The Bertz CT molecular complexity index is 837. The highest BCUT2D eigenvalue weighted by Gasteiger charge is 2.10. The Morgan fingerprint density at radius 3 is 2.43 bits per heavy atom. The van der Waals surface area contributed by atoms with Gasteiger partial charge in [0, 0.05) is 18.0 Å². The lowest BCUT2D eigenvalue weighted by Crippen LogP contribution is -2.22. The molecule has 0 bridgehead atoms. The van der Waals surface area contributed by atoms with E-state index in [0.717, 1.165) is 5.56 Å². The smallest absolute Gasteiger partial charge is 0.200 e. The normalized spacial score (nSPS) is 10.5. The summed E-state index contributed by atoms with van der Waals surface area (Å²) in [4.78, 5) is 14.8. The summed E-state index contributed by atoms with van der Waals surface area (Å²) in [6, 6.07) is 9.88. The predicted octanol–water partition coefficient (Wildman–Crippen LogP) is 1.36. The third kappa shape index (κ3) is 2.46. The maximum Gasteiger partial charge on any atom is 0.200 e. The zero-order valence-corrected chi connectivity index (χ0v) is 11.5. The van der Waals surface area contributed by atoms with Gasteiger partial charge in [0.1, 0.15) is 0 Å². The number of aromatic amines is 1. The summed E-state index contributed by atoms with van der Waals surface area (Å²) < 4.78 is 2.15. The molecule has 0 spiro atoms. The summed E-state index contributed by atoms with van der Waals surface area (Å²) in [6.07, 6.45) is 3.33. The van der Waals surface area contributed by atoms with Gasteiger partial charge in [-0.25, -0.2) is 0 Å². The van der Waals surface area contributed by atoms with E-state index in [-0.39, 0.29) is 5.56 Å². The van der Waals surface area contributed by atoms with Crippen LogP contribution in [-0.4, -0.2) is 25.7 Å². The molecule has 3 aromatic rings. The fourth-order valence-electron chi connectivity index (χ4n) is 1.98. The van der Waals surface area contributed by atoms with Crippen molar-refractivity contribution in [1.82, 2.24) is 19.7 Å². The van der Waals surface area contributed by atoms with Crippen LogP contribution in [0.15, 0.2) is 48.8 Å². The highest BCUT2D eigenvalue weighted by molar-refractivity contribution is 7.71. The first-order valence-electron chi connectivity index (χ1n) is 6.06. The van der Waals surface area contributed by atoms with Gasteiger partial charge in [0.15, 0.2) is 10.6 Å². The molecule has 0 aliphatic carbocycles. The van der Waals surface area contributed by atoms with Crippen LogP contribution >= 0.6 is 12.2 Å². The van der Waals surface area contributed by atoms with Crippen molar-refractivity contribution < 1.29 is 9.90 Å². The number of nitrogens with one attached hydrogen (secondary N) is 1. The van der Waals surface area contributed by atoms with E-state index in [1.54, 1.807) is 29.1 Å². The summed E-state index contributed by atoms with van der Waals surface area (Å²) in [5.41, 5.74) is 1.67. The molecule has 3 rings (SSSR count). The molecule has 2 heterocycles. The van der Waals surface area contributed by atoms with E-state index in [1.807, 2.05) is 12.1 Å². The van der Waals surface area contributed by atoms with E-state index in [0.29, 0.717) is 16.3 Å². The number of aromatic nitrogens is 4. The number of benzene rings is 1. The van der Waals surface area contributed by atoms with E-state index >= 15 is 0 Å². The molecule has 0 fully saturated rings. The topological polar surface area (TPSA) is 86.6 Å². The predicted molar refractivity (Wildman–Crippen MR) is 76.3 cm³/mol. The second kappa shape index (κ2) is 5.29. The van der Waals surface area contributed by atoms with Crippen LogP contribution in [0.4, 0.5) is 0 Å². The van der Waals surface area contributed by atoms with Crippen LogP contribution in [0, 0.1) is 4.77 Å².